The molecule has 0 bridgehead atoms. The highest BCUT2D eigenvalue weighted by Gasteiger charge is 2.32. The zero-order valence-corrected chi connectivity index (χ0v) is 13.5. The number of piperidine rings is 1. The lowest BCUT2D eigenvalue weighted by atomic mass is 9.96. The maximum absolute atomic E-state index is 6.12. The average Bonchev–Trinajstić information content (AvgIpc) is 2.53. The number of hydrogen-bond acceptors (Lipinski definition) is 3. The second kappa shape index (κ2) is 6.37. The van der Waals surface area contributed by atoms with Gasteiger partial charge in [-0.05, 0) is 50.4 Å². The molecular formula is C18H29N3. The summed E-state index contributed by atoms with van der Waals surface area (Å²) in [4.78, 5) is 5.29. The van der Waals surface area contributed by atoms with E-state index in [1.807, 2.05) is 0 Å². The van der Waals surface area contributed by atoms with Gasteiger partial charge in [0, 0.05) is 36.9 Å². The molecule has 2 unspecified atom stereocenters. The van der Waals surface area contributed by atoms with Gasteiger partial charge in [0.25, 0.3) is 0 Å². The fourth-order valence-electron chi connectivity index (χ4n) is 3.86. The maximum atomic E-state index is 6.12. The van der Waals surface area contributed by atoms with Crippen LogP contribution in [0.4, 0.5) is 5.69 Å². The fourth-order valence-corrected chi connectivity index (χ4v) is 3.86. The second-order valence-corrected chi connectivity index (χ2v) is 6.75. The van der Waals surface area contributed by atoms with Crippen molar-refractivity contribution in [1.82, 2.24) is 4.90 Å². The summed E-state index contributed by atoms with van der Waals surface area (Å²) in [6.07, 6.45) is 5.14. The van der Waals surface area contributed by atoms with E-state index in [9.17, 15) is 0 Å². The van der Waals surface area contributed by atoms with E-state index in [0.29, 0.717) is 6.04 Å². The second-order valence-electron chi connectivity index (χ2n) is 6.75. The summed E-state index contributed by atoms with van der Waals surface area (Å²) >= 11 is 0. The number of benzene rings is 1. The number of fused-ring (bicyclic) bond motifs is 1. The summed E-state index contributed by atoms with van der Waals surface area (Å²) in [5.41, 5.74) is 8.73. The van der Waals surface area contributed by atoms with Crippen molar-refractivity contribution in [3.05, 3.63) is 29.8 Å². The monoisotopic (exact) mass is 287 g/mol. The Kier molecular flexibility index (Phi) is 4.51. The molecule has 0 aliphatic carbocycles. The van der Waals surface area contributed by atoms with E-state index in [0.717, 1.165) is 12.5 Å². The molecule has 1 aromatic rings. The van der Waals surface area contributed by atoms with Gasteiger partial charge in [0.05, 0.1) is 0 Å². The molecule has 21 heavy (non-hydrogen) atoms. The summed E-state index contributed by atoms with van der Waals surface area (Å²) in [5.74, 6) is 0. The SMILES string of the molecule is CC[C@H](N)c1ccc(N2CC3CCCCN3CC2C)cc1. The van der Waals surface area contributed by atoms with Crippen molar-refractivity contribution in [2.24, 2.45) is 5.73 Å². The molecule has 0 aromatic heterocycles. The summed E-state index contributed by atoms with van der Waals surface area (Å²) in [5, 5.41) is 0. The fraction of sp³-hybridized carbons (Fsp3) is 0.667. The lowest BCUT2D eigenvalue weighted by Crippen LogP contribution is -2.58. The highest BCUT2D eigenvalue weighted by molar-refractivity contribution is 5.49. The van der Waals surface area contributed by atoms with Crippen molar-refractivity contribution in [2.45, 2.75) is 57.7 Å². The van der Waals surface area contributed by atoms with Gasteiger partial charge in [-0.2, -0.15) is 0 Å². The van der Waals surface area contributed by atoms with Crippen LogP contribution in [0.15, 0.2) is 24.3 Å². The van der Waals surface area contributed by atoms with Gasteiger partial charge in [0.15, 0.2) is 0 Å². The van der Waals surface area contributed by atoms with Crippen molar-refractivity contribution in [3.63, 3.8) is 0 Å². The Morgan fingerprint density at radius 2 is 1.95 bits per heavy atom. The van der Waals surface area contributed by atoms with Gasteiger partial charge in [-0.15, -0.1) is 0 Å². The molecule has 2 saturated heterocycles. The number of rotatable bonds is 3. The Labute approximate surface area is 129 Å². The highest BCUT2D eigenvalue weighted by atomic mass is 15.3. The molecule has 0 spiro atoms. The van der Waals surface area contributed by atoms with Crippen LogP contribution in [0.3, 0.4) is 0 Å². The first kappa shape index (κ1) is 14.9. The lowest BCUT2D eigenvalue weighted by Gasteiger charge is -2.48. The number of nitrogens with zero attached hydrogens (tertiary/aromatic N) is 2. The molecule has 3 heteroatoms. The number of hydrogen-bond donors (Lipinski definition) is 1. The first-order valence-electron chi connectivity index (χ1n) is 8.55. The molecule has 0 saturated carbocycles. The van der Waals surface area contributed by atoms with Crippen molar-refractivity contribution >= 4 is 5.69 Å². The van der Waals surface area contributed by atoms with E-state index >= 15 is 0 Å². The molecule has 116 valence electrons. The Bertz CT molecular complexity index is 456. The topological polar surface area (TPSA) is 32.5 Å². The molecule has 1 aromatic carbocycles. The van der Waals surface area contributed by atoms with Crippen LogP contribution < -0.4 is 10.6 Å². The molecule has 3 atom stereocenters. The minimum atomic E-state index is 0.173. The van der Waals surface area contributed by atoms with Crippen LogP contribution in [0.25, 0.3) is 0 Å². The molecule has 3 nitrogen and oxygen atoms in total. The third-order valence-electron chi connectivity index (χ3n) is 5.28. The van der Waals surface area contributed by atoms with Gasteiger partial charge in [-0.1, -0.05) is 25.5 Å². The van der Waals surface area contributed by atoms with E-state index in [-0.39, 0.29) is 6.04 Å². The number of piperazine rings is 1. The molecule has 2 aliphatic heterocycles. The zero-order valence-electron chi connectivity index (χ0n) is 13.5. The van der Waals surface area contributed by atoms with Crippen molar-refractivity contribution in [3.8, 4) is 0 Å². The van der Waals surface area contributed by atoms with Crippen LogP contribution >= 0.6 is 0 Å². The number of anilines is 1. The third-order valence-corrected chi connectivity index (χ3v) is 5.28. The maximum Gasteiger partial charge on any atom is 0.0389 e. The minimum absolute atomic E-state index is 0.173. The standard InChI is InChI=1S/C18H29N3/c1-3-18(19)15-7-9-16(10-8-15)21-13-17-6-4-5-11-20(17)12-14(21)2/h7-10,14,17-18H,3-6,11-13,19H2,1-2H3/t14?,17?,18-/m0/s1. The quantitative estimate of drug-likeness (QED) is 0.927. The average molecular weight is 287 g/mol. The molecule has 3 rings (SSSR count). The summed E-state index contributed by atoms with van der Waals surface area (Å²) in [6.45, 7) is 8.19. The van der Waals surface area contributed by atoms with E-state index < -0.39 is 0 Å². The summed E-state index contributed by atoms with van der Waals surface area (Å²) < 4.78 is 0. The van der Waals surface area contributed by atoms with Crippen molar-refractivity contribution in [2.75, 3.05) is 24.5 Å². The van der Waals surface area contributed by atoms with Crippen molar-refractivity contribution in [1.29, 1.82) is 0 Å². The Morgan fingerprint density at radius 3 is 2.67 bits per heavy atom. The van der Waals surface area contributed by atoms with E-state index in [2.05, 4.69) is 47.9 Å². The van der Waals surface area contributed by atoms with Crippen LogP contribution in [-0.4, -0.2) is 36.6 Å². The molecule has 2 fully saturated rings. The van der Waals surface area contributed by atoms with E-state index in [4.69, 9.17) is 5.73 Å². The molecule has 2 heterocycles. The van der Waals surface area contributed by atoms with Gasteiger partial charge < -0.3 is 10.6 Å². The predicted octanol–water partition coefficient (Wildman–Crippen LogP) is 3.16. The van der Waals surface area contributed by atoms with E-state index in [1.54, 1.807) is 0 Å². The van der Waals surface area contributed by atoms with Gasteiger partial charge in [-0.3, -0.25) is 4.90 Å². The first-order chi connectivity index (χ1) is 10.2. The Hall–Kier alpha value is -1.06. The van der Waals surface area contributed by atoms with Crippen LogP contribution in [0, 0.1) is 0 Å². The molecule has 0 amide bonds. The first-order valence-corrected chi connectivity index (χ1v) is 8.55. The minimum Gasteiger partial charge on any atom is -0.366 e. The van der Waals surface area contributed by atoms with Crippen molar-refractivity contribution < 1.29 is 0 Å². The molecule has 2 N–H and O–H groups in total. The lowest BCUT2D eigenvalue weighted by molar-refractivity contribution is 0.115. The highest BCUT2D eigenvalue weighted by Crippen LogP contribution is 2.29. The van der Waals surface area contributed by atoms with Gasteiger partial charge in [-0.25, -0.2) is 0 Å². The molecule has 2 aliphatic rings. The smallest absolute Gasteiger partial charge is 0.0389 e. The van der Waals surface area contributed by atoms with Gasteiger partial charge >= 0.3 is 0 Å². The molecule has 0 radical (unpaired) electrons. The largest absolute Gasteiger partial charge is 0.366 e. The summed E-state index contributed by atoms with van der Waals surface area (Å²) in [7, 11) is 0. The Balaban J connectivity index is 1.73. The van der Waals surface area contributed by atoms with Crippen LogP contribution in [-0.2, 0) is 0 Å². The van der Waals surface area contributed by atoms with Crippen LogP contribution in [0.1, 0.15) is 51.1 Å². The predicted molar refractivity (Wildman–Crippen MR) is 89.7 cm³/mol. The van der Waals surface area contributed by atoms with Crippen LogP contribution in [0.2, 0.25) is 0 Å². The normalized spacial score (nSPS) is 28.2. The third kappa shape index (κ3) is 3.09. The zero-order chi connectivity index (χ0) is 14.8. The van der Waals surface area contributed by atoms with Gasteiger partial charge in [0.1, 0.15) is 0 Å². The van der Waals surface area contributed by atoms with Crippen LogP contribution in [0.5, 0.6) is 0 Å². The molecular weight excluding hydrogens is 258 g/mol. The Morgan fingerprint density at radius 1 is 1.19 bits per heavy atom. The van der Waals surface area contributed by atoms with Gasteiger partial charge in [0.2, 0.25) is 0 Å². The number of nitrogens with two attached hydrogens (primary N) is 1. The van der Waals surface area contributed by atoms with E-state index in [1.165, 1.54) is 50.1 Å². The summed E-state index contributed by atoms with van der Waals surface area (Å²) in [6, 6.07) is 10.5.